The minimum absolute atomic E-state index is 0.365. The van der Waals surface area contributed by atoms with Crippen molar-refractivity contribution in [1.29, 1.82) is 0 Å². The van der Waals surface area contributed by atoms with Crippen molar-refractivity contribution in [3.8, 4) is 0 Å². The molecule has 0 fully saturated rings. The summed E-state index contributed by atoms with van der Waals surface area (Å²) in [5.74, 6) is -1.57. The van der Waals surface area contributed by atoms with Crippen molar-refractivity contribution in [2.75, 3.05) is 5.01 Å². The molecule has 6 heteroatoms. The molecule has 0 spiro atoms. The van der Waals surface area contributed by atoms with E-state index in [9.17, 15) is 14.3 Å². The number of carboxylic acids is 1. The summed E-state index contributed by atoms with van der Waals surface area (Å²) in [7, 11) is 0. The van der Waals surface area contributed by atoms with Crippen LogP contribution in [0.15, 0.2) is 53.8 Å². The topological polar surface area (TPSA) is 65.8 Å². The molecule has 0 amide bonds. The molecule has 22 heavy (non-hydrogen) atoms. The van der Waals surface area contributed by atoms with Gasteiger partial charge in [0.05, 0.1) is 11.8 Å². The van der Waals surface area contributed by atoms with E-state index in [4.69, 9.17) is 0 Å². The Morgan fingerprint density at radius 1 is 1.23 bits per heavy atom. The SMILES string of the molecule is CC1=NN(c2ccccn2)C(c2ccc(F)cc2)C1C(=O)O. The third-order valence-electron chi connectivity index (χ3n) is 3.66. The van der Waals surface area contributed by atoms with Crippen LogP contribution in [-0.2, 0) is 4.79 Å². The molecule has 2 unspecified atom stereocenters. The summed E-state index contributed by atoms with van der Waals surface area (Å²) in [5.41, 5.74) is 1.17. The van der Waals surface area contributed by atoms with E-state index in [2.05, 4.69) is 10.1 Å². The highest BCUT2D eigenvalue weighted by Gasteiger charge is 2.42. The van der Waals surface area contributed by atoms with Crippen molar-refractivity contribution in [3.05, 3.63) is 60.0 Å². The highest BCUT2D eigenvalue weighted by molar-refractivity contribution is 6.03. The molecule has 2 aromatic rings. The van der Waals surface area contributed by atoms with Crippen LogP contribution >= 0.6 is 0 Å². The minimum atomic E-state index is -0.964. The molecule has 5 nitrogen and oxygen atoms in total. The van der Waals surface area contributed by atoms with Crippen LogP contribution in [0, 0.1) is 11.7 Å². The van der Waals surface area contributed by atoms with Crippen molar-refractivity contribution < 1.29 is 14.3 Å². The first-order valence-corrected chi connectivity index (χ1v) is 6.81. The fraction of sp³-hybridized carbons (Fsp3) is 0.188. The molecule has 1 N–H and O–H groups in total. The molecule has 0 aliphatic carbocycles. The molecular weight excluding hydrogens is 285 g/mol. The largest absolute Gasteiger partial charge is 0.481 e. The first-order valence-electron chi connectivity index (χ1n) is 6.81. The number of halogens is 1. The number of pyridine rings is 1. The summed E-state index contributed by atoms with van der Waals surface area (Å²) in [6, 6.07) is 10.6. The summed E-state index contributed by atoms with van der Waals surface area (Å²) >= 11 is 0. The van der Waals surface area contributed by atoms with Crippen LogP contribution in [-0.4, -0.2) is 21.8 Å². The number of hydrazone groups is 1. The standard InChI is InChI=1S/C16H14FN3O2/c1-10-14(16(21)22)15(11-5-7-12(17)8-6-11)20(19-10)13-4-2-3-9-18-13/h2-9,14-15H,1H3,(H,21,22). The molecule has 0 radical (unpaired) electrons. The van der Waals surface area contributed by atoms with Gasteiger partial charge in [0, 0.05) is 6.20 Å². The van der Waals surface area contributed by atoms with E-state index in [1.54, 1.807) is 42.4 Å². The monoisotopic (exact) mass is 299 g/mol. The van der Waals surface area contributed by atoms with E-state index in [1.165, 1.54) is 12.1 Å². The highest BCUT2D eigenvalue weighted by Crippen LogP contribution is 2.38. The van der Waals surface area contributed by atoms with Gasteiger partial charge in [-0.2, -0.15) is 5.10 Å². The smallest absolute Gasteiger partial charge is 0.314 e. The molecule has 1 aliphatic heterocycles. The van der Waals surface area contributed by atoms with Crippen LogP contribution in [0.1, 0.15) is 18.5 Å². The number of carboxylic acid groups (broad SMARTS) is 1. The average Bonchev–Trinajstić information content (AvgIpc) is 2.86. The number of hydrogen-bond acceptors (Lipinski definition) is 4. The second-order valence-corrected chi connectivity index (χ2v) is 5.09. The highest BCUT2D eigenvalue weighted by atomic mass is 19.1. The van der Waals surface area contributed by atoms with Gasteiger partial charge in [0.15, 0.2) is 0 Å². The summed E-state index contributed by atoms with van der Waals surface area (Å²) < 4.78 is 13.2. The Hall–Kier alpha value is -2.76. The summed E-state index contributed by atoms with van der Waals surface area (Å²) in [5, 5.41) is 15.5. The van der Waals surface area contributed by atoms with Gasteiger partial charge in [0.2, 0.25) is 0 Å². The number of anilines is 1. The number of hydrogen-bond donors (Lipinski definition) is 1. The number of rotatable bonds is 3. The molecule has 1 aromatic carbocycles. The van der Waals surface area contributed by atoms with Crippen molar-refractivity contribution in [3.63, 3.8) is 0 Å². The molecule has 3 rings (SSSR count). The lowest BCUT2D eigenvalue weighted by atomic mass is 9.90. The number of benzene rings is 1. The Morgan fingerprint density at radius 2 is 1.95 bits per heavy atom. The molecule has 1 aliphatic rings. The maximum Gasteiger partial charge on any atom is 0.314 e. The van der Waals surface area contributed by atoms with E-state index in [0.29, 0.717) is 17.1 Å². The van der Waals surface area contributed by atoms with Crippen LogP contribution in [0.2, 0.25) is 0 Å². The Kier molecular flexibility index (Phi) is 3.58. The van der Waals surface area contributed by atoms with E-state index < -0.39 is 17.9 Å². The lowest BCUT2D eigenvalue weighted by Gasteiger charge is -2.25. The fourth-order valence-corrected chi connectivity index (χ4v) is 2.65. The molecular formula is C16H14FN3O2. The van der Waals surface area contributed by atoms with Gasteiger partial charge in [-0.3, -0.25) is 4.79 Å². The van der Waals surface area contributed by atoms with E-state index >= 15 is 0 Å². The molecule has 0 bridgehead atoms. The average molecular weight is 299 g/mol. The van der Waals surface area contributed by atoms with Crippen LogP contribution in [0.4, 0.5) is 10.2 Å². The lowest BCUT2D eigenvalue weighted by Crippen LogP contribution is -2.30. The van der Waals surface area contributed by atoms with Gasteiger partial charge in [0.25, 0.3) is 0 Å². The van der Waals surface area contributed by atoms with Crippen LogP contribution in [0.5, 0.6) is 0 Å². The zero-order valence-corrected chi connectivity index (χ0v) is 11.8. The predicted molar refractivity (Wildman–Crippen MR) is 80.1 cm³/mol. The lowest BCUT2D eigenvalue weighted by molar-refractivity contribution is -0.139. The Labute approximate surface area is 126 Å². The number of aliphatic carboxylic acids is 1. The Bertz CT molecular complexity index is 716. The number of nitrogens with zero attached hydrogens (tertiary/aromatic N) is 3. The zero-order chi connectivity index (χ0) is 15.7. The first kappa shape index (κ1) is 14.2. The molecule has 2 atom stereocenters. The fourth-order valence-electron chi connectivity index (χ4n) is 2.65. The zero-order valence-electron chi connectivity index (χ0n) is 11.8. The maximum absolute atomic E-state index is 13.2. The minimum Gasteiger partial charge on any atom is -0.481 e. The quantitative estimate of drug-likeness (QED) is 0.946. The third kappa shape index (κ3) is 2.43. The van der Waals surface area contributed by atoms with Gasteiger partial charge in [0.1, 0.15) is 17.6 Å². The number of aromatic nitrogens is 1. The van der Waals surface area contributed by atoms with Gasteiger partial charge in [-0.15, -0.1) is 0 Å². The van der Waals surface area contributed by atoms with Crippen LogP contribution in [0.3, 0.4) is 0 Å². The van der Waals surface area contributed by atoms with Crippen molar-refractivity contribution in [1.82, 2.24) is 4.98 Å². The predicted octanol–water partition coefficient (Wildman–Crippen LogP) is 2.86. The molecule has 1 aromatic heterocycles. The van der Waals surface area contributed by atoms with Gasteiger partial charge in [-0.1, -0.05) is 18.2 Å². The first-order chi connectivity index (χ1) is 10.6. The van der Waals surface area contributed by atoms with Gasteiger partial charge in [-0.05, 0) is 36.8 Å². The number of carbonyl (C=O) groups is 1. The van der Waals surface area contributed by atoms with Gasteiger partial charge >= 0.3 is 5.97 Å². The summed E-state index contributed by atoms with van der Waals surface area (Å²) in [4.78, 5) is 15.9. The summed E-state index contributed by atoms with van der Waals surface area (Å²) in [6.07, 6.45) is 1.62. The second kappa shape index (κ2) is 5.55. The van der Waals surface area contributed by atoms with Gasteiger partial charge < -0.3 is 5.11 Å². The Morgan fingerprint density at radius 3 is 2.55 bits per heavy atom. The Balaban J connectivity index is 2.08. The van der Waals surface area contributed by atoms with Crippen molar-refractivity contribution >= 4 is 17.5 Å². The van der Waals surface area contributed by atoms with E-state index in [0.717, 1.165) is 0 Å². The second-order valence-electron chi connectivity index (χ2n) is 5.09. The molecule has 2 heterocycles. The van der Waals surface area contributed by atoms with E-state index in [1.807, 2.05) is 6.07 Å². The normalized spacial score (nSPS) is 20.8. The maximum atomic E-state index is 13.2. The molecule has 0 saturated heterocycles. The van der Waals surface area contributed by atoms with Crippen molar-refractivity contribution in [2.45, 2.75) is 13.0 Å². The van der Waals surface area contributed by atoms with Crippen LogP contribution < -0.4 is 5.01 Å². The van der Waals surface area contributed by atoms with E-state index in [-0.39, 0.29) is 5.82 Å². The third-order valence-corrected chi connectivity index (χ3v) is 3.66. The van der Waals surface area contributed by atoms with Crippen LogP contribution in [0.25, 0.3) is 0 Å². The van der Waals surface area contributed by atoms with Gasteiger partial charge in [-0.25, -0.2) is 14.4 Å². The molecule has 0 saturated carbocycles. The summed E-state index contributed by atoms with van der Waals surface area (Å²) in [6.45, 7) is 1.68. The van der Waals surface area contributed by atoms with Crippen molar-refractivity contribution in [2.24, 2.45) is 11.0 Å². The molecule has 112 valence electrons.